The smallest absolute Gasteiger partial charge is 0.165 e. The van der Waals surface area contributed by atoms with Gasteiger partial charge in [-0.05, 0) is 24.8 Å². The van der Waals surface area contributed by atoms with Crippen LogP contribution < -0.4 is 4.90 Å². The maximum Gasteiger partial charge on any atom is 0.165 e. The predicted octanol–water partition coefficient (Wildman–Crippen LogP) is 2.53. The van der Waals surface area contributed by atoms with E-state index in [1.54, 1.807) is 6.33 Å². The van der Waals surface area contributed by atoms with Gasteiger partial charge in [0.2, 0.25) is 0 Å². The minimum Gasteiger partial charge on any atom is -0.352 e. The van der Waals surface area contributed by atoms with Gasteiger partial charge in [-0.25, -0.2) is 15.0 Å². The van der Waals surface area contributed by atoms with Gasteiger partial charge in [-0.3, -0.25) is 4.90 Å². The first-order chi connectivity index (χ1) is 12.9. The van der Waals surface area contributed by atoms with Gasteiger partial charge in [-0.2, -0.15) is 0 Å². The summed E-state index contributed by atoms with van der Waals surface area (Å²) in [5.41, 5.74) is 3.36. The fourth-order valence-electron chi connectivity index (χ4n) is 3.81. The molecule has 1 aliphatic heterocycles. The number of piperazine rings is 1. The second-order valence-electron chi connectivity index (χ2n) is 7.32. The van der Waals surface area contributed by atoms with Gasteiger partial charge in [0.25, 0.3) is 0 Å². The number of fused-ring (bicyclic) bond motifs is 1. The lowest BCUT2D eigenvalue weighted by molar-refractivity contribution is 0.260. The van der Waals surface area contributed by atoms with E-state index < -0.39 is 0 Å². The van der Waals surface area contributed by atoms with E-state index in [0.717, 1.165) is 56.1 Å². The topological polar surface area (TPSA) is 50.1 Å². The molecule has 3 aromatic rings. The maximum absolute atomic E-state index is 4.63. The van der Waals surface area contributed by atoms with Crippen molar-refractivity contribution in [3.8, 4) is 0 Å². The van der Waals surface area contributed by atoms with Crippen LogP contribution in [0.15, 0.2) is 43.0 Å². The number of aromatic nitrogens is 4. The van der Waals surface area contributed by atoms with Crippen molar-refractivity contribution in [1.29, 1.82) is 0 Å². The van der Waals surface area contributed by atoms with Crippen LogP contribution in [-0.2, 0) is 6.42 Å². The fraction of sp³-hybridized carbons (Fsp3) is 0.450. The summed E-state index contributed by atoms with van der Waals surface area (Å²) in [5, 5.41) is 0. The van der Waals surface area contributed by atoms with Crippen LogP contribution >= 0.6 is 0 Å². The molecule has 0 bridgehead atoms. The molecule has 0 atom stereocenters. The minimum atomic E-state index is 0.595. The standard InChI is InChI=1S/C20H24N6/c1-2-4-16(5-3-1)8-9-24-10-12-25(13-11-24)19-18-20(22-14-21-19)26(15-23-18)17-6-7-17/h1-5,14-15,17H,6-13H2. The SMILES string of the molecule is c1ccc(CCN2CCN(c3ncnc4c3ncn4C3CC3)CC2)cc1. The van der Waals surface area contributed by atoms with E-state index in [1.807, 2.05) is 6.33 Å². The molecule has 1 aliphatic carbocycles. The molecule has 5 rings (SSSR count). The number of benzene rings is 1. The van der Waals surface area contributed by atoms with Gasteiger partial charge >= 0.3 is 0 Å². The molecule has 2 aromatic heterocycles. The van der Waals surface area contributed by atoms with Crippen LogP contribution in [0.4, 0.5) is 5.82 Å². The zero-order valence-corrected chi connectivity index (χ0v) is 15.0. The molecule has 1 saturated heterocycles. The van der Waals surface area contributed by atoms with E-state index >= 15 is 0 Å². The molecule has 26 heavy (non-hydrogen) atoms. The van der Waals surface area contributed by atoms with Crippen LogP contribution in [0.2, 0.25) is 0 Å². The van der Waals surface area contributed by atoms with Crippen molar-refractivity contribution < 1.29 is 0 Å². The van der Waals surface area contributed by atoms with Gasteiger partial charge in [-0.1, -0.05) is 30.3 Å². The van der Waals surface area contributed by atoms with Gasteiger partial charge in [0, 0.05) is 38.8 Å². The Morgan fingerprint density at radius 2 is 1.73 bits per heavy atom. The van der Waals surface area contributed by atoms with Crippen LogP contribution in [0.5, 0.6) is 0 Å². The Balaban J connectivity index is 1.25. The molecule has 0 N–H and O–H groups in total. The predicted molar refractivity (Wildman–Crippen MR) is 102 cm³/mol. The lowest BCUT2D eigenvalue weighted by atomic mass is 10.1. The summed E-state index contributed by atoms with van der Waals surface area (Å²) in [6.07, 6.45) is 7.23. The molecule has 0 radical (unpaired) electrons. The summed E-state index contributed by atoms with van der Waals surface area (Å²) < 4.78 is 2.22. The first-order valence-electron chi connectivity index (χ1n) is 9.57. The summed E-state index contributed by atoms with van der Waals surface area (Å²) in [5.74, 6) is 0.997. The molecule has 3 heterocycles. The Bertz CT molecular complexity index is 878. The minimum absolute atomic E-state index is 0.595. The molecule has 0 amide bonds. The maximum atomic E-state index is 4.63. The lowest BCUT2D eigenvalue weighted by Crippen LogP contribution is -2.47. The van der Waals surface area contributed by atoms with Crippen molar-refractivity contribution in [1.82, 2.24) is 24.4 Å². The number of hydrogen-bond acceptors (Lipinski definition) is 5. The van der Waals surface area contributed by atoms with Crippen LogP contribution in [-0.4, -0.2) is 57.1 Å². The van der Waals surface area contributed by atoms with Gasteiger partial charge in [0.1, 0.15) is 6.33 Å². The second kappa shape index (κ2) is 6.68. The Morgan fingerprint density at radius 1 is 0.923 bits per heavy atom. The van der Waals surface area contributed by atoms with E-state index in [1.165, 1.54) is 18.4 Å². The Hall–Kier alpha value is -2.47. The largest absolute Gasteiger partial charge is 0.352 e. The molecule has 0 unspecified atom stereocenters. The normalized spacial score (nSPS) is 18.5. The van der Waals surface area contributed by atoms with Gasteiger partial charge in [0.05, 0.1) is 6.33 Å². The number of anilines is 1. The average Bonchev–Trinajstić information content (AvgIpc) is 3.46. The third-order valence-electron chi connectivity index (χ3n) is 5.51. The first kappa shape index (κ1) is 15.8. The molecule has 134 valence electrons. The fourth-order valence-corrected chi connectivity index (χ4v) is 3.81. The third kappa shape index (κ3) is 3.05. The number of hydrogen-bond donors (Lipinski definition) is 0. The molecule has 1 aromatic carbocycles. The van der Waals surface area contributed by atoms with Crippen molar-refractivity contribution in [3.05, 3.63) is 48.5 Å². The monoisotopic (exact) mass is 348 g/mol. The van der Waals surface area contributed by atoms with Crippen LogP contribution in [0.3, 0.4) is 0 Å². The highest BCUT2D eigenvalue weighted by Gasteiger charge is 2.27. The van der Waals surface area contributed by atoms with Gasteiger partial charge in [-0.15, -0.1) is 0 Å². The van der Waals surface area contributed by atoms with Crippen molar-refractivity contribution in [2.24, 2.45) is 0 Å². The number of imidazole rings is 1. The average molecular weight is 348 g/mol. The van der Waals surface area contributed by atoms with Crippen molar-refractivity contribution in [2.45, 2.75) is 25.3 Å². The molecule has 6 heteroatoms. The molecular weight excluding hydrogens is 324 g/mol. The van der Waals surface area contributed by atoms with Crippen LogP contribution in [0.25, 0.3) is 11.2 Å². The second-order valence-corrected chi connectivity index (χ2v) is 7.32. The third-order valence-corrected chi connectivity index (χ3v) is 5.51. The zero-order chi connectivity index (χ0) is 17.3. The molecule has 6 nitrogen and oxygen atoms in total. The van der Waals surface area contributed by atoms with E-state index in [4.69, 9.17) is 0 Å². The van der Waals surface area contributed by atoms with Crippen molar-refractivity contribution >= 4 is 17.0 Å². The summed E-state index contributed by atoms with van der Waals surface area (Å²) in [6, 6.07) is 11.3. The highest BCUT2D eigenvalue weighted by atomic mass is 15.3. The Labute approximate surface area is 153 Å². The lowest BCUT2D eigenvalue weighted by Gasteiger charge is -2.35. The molecule has 1 saturated carbocycles. The van der Waals surface area contributed by atoms with E-state index in [2.05, 4.69) is 59.7 Å². The molecule has 2 aliphatic rings. The highest BCUT2D eigenvalue weighted by molar-refractivity contribution is 5.83. The van der Waals surface area contributed by atoms with Crippen molar-refractivity contribution in [3.63, 3.8) is 0 Å². The van der Waals surface area contributed by atoms with E-state index in [0.29, 0.717) is 6.04 Å². The van der Waals surface area contributed by atoms with E-state index in [-0.39, 0.29) is 0 Å². The van der Waals surface area contributed by atoms with Crippen molar-refractivity contribution in [2.75, 3.05) is 37.6 Å². The van der Waals surface area contributed by atoms with Gasteiger partial charge in [0.15, 0.2) is 17.0 Å². The summed E-state index contributed by atoms with van der Waals surface area (Å²) in [4.78, 5) is 18.6. The molecular formula is C20H24N6. The Kier molecular flexibility index (Phi) is 4.05. The van der Waals surface area contributed by atoms with E-state index in [9.17, 15) is 0 Å². The Morgan fingerprint density at radius 3 is 2.50 bits per heavy atom. The van der Waals surface area contributed by atoms with Crippen LogP contribution in [0.1, 0.15) is 24.4 Å². The summed E-state index contributed by atoms with van der Waals surface area (Å²) in [7, 11) is 0. The first-order valence-corrected chi connectivity index (χ1v) is 9.57. The summed E-state index contributed by atoms with van der Waals surface area (Å²) in [6.45, 7) is 5.26. The van der Waals surface area contributed by atoms with Crippen LogP contribution in [0, 0.1) is 0 Å². The molecule has 2 fully saturated rings. The zero-order valence-electron chi connectivity index (χ0n) is 15.0. The molecule has 0 spiro atoms. The number of rotatable bonds is 5. The van der Waals surface area contributed by atoms with Gasteiger partial charge < -0.3 is 9.47 Å². The number of nitrogens with zero attached hydrogens (tertiary/aromatic N) is 6. The summed E-state index contributed by atoms with van der Waals surface area (Å²) >= 11 is 0. The highest BCUT2D eigenvalue weighted by Crippen LogP contribution is 2.37. The quantitative estimate of drug-likeness (QED) is 0.709.